The fourth-order valence-corrected chi connectivity index (χ4v) is 2.83. The highest BCUT2D eigenvalue weighted by atomic mass is 16.3. The summed E-state index contributed by atoms with van der Waals surface area (Å²) in [5.41, 5.74) is 3.49. The summed E-state index contributed by atoms with van der Waals surface area (Å²) in [6.45, 7) is 3.66. The monoisotopic (exact) mass is 326 g/mol. The molecule has 126 valence electrons. The van der Waals surface area contributed by atoms with Crippen molar-refractivity contribution in [2.75, 3.05) is 18.4 Å². The molecule has 1 aliphatic rings. The van der Waals surface area contributed by atoms with Crippen LogP contribution in [-0.4, -0.2) is 41.2 Å². The van der Waals surface area contributed by atoms with Crippen molar-refractivity contribution < 1.29 is 9.90 Å². The van der Waals surface area contributed by atoms with Crippen molar-refractivity contribution >= 4 is 11.6 Å². The zero-order valence-electron chi connectivity index (χ0n) is 13.6. The Morgan fingerprint density at radius 2 is 2.21 bits per heavy atom. The van der Waals surface area contributed by atoms with Gasteiger partial charge in [-0.15, -0.1) is 0 Å². The van der Waals surface area contributed by atoms with Gasteiger partial charge in [0.15, 0.2) is 0 Å². The number of nitrogens with zero attached hydrogens (tertiary/aromatic N) is 1. The van der Waals surface area contributed by atoms with Crippen LogP contribution < -0.4 is 16.0 Å². The molecular formula is C18H22N4O2. The maximum atomic E-state index is 12.5. The number of amides is 1. The van der Waals surface area contributed by atoms with Crippen molar-refractivity contribution in [1.29, 1.82) is 0 Å². The molecule has 1 amide bonds. The minimum Gasteiger partial charge on any atom is -0.390 e. The van der Waals surface area contributed by atoms with Crippen LogP contribution in [0.15, 0.2) is 42.7 Å². The Bertz CT molecular complexity index is 705. The van der Waals surface area contributed by atoms with Crippen molar-refractivity contribution in [1.82, 2.24) is 15.6 Å². The number of hydrogen-bond donors (Lipinski definition) is 4. The number of benzene rings is 1. The third-order valence-corrected chi connectivity index (χ3v) is 4.28. The Morgan fingerprint density at radius 3 is 2.92 bits per heavy atom. The van der Waals surface area contributed by atoms with E-state index in [1.807, 2.05) is 37.4 Å². The van der Waals surface area contributed by atoms with E-state index in [0.717, 1.165) is 16.8 Å². The first-order valence-electron chi connectivity index (χ1n) is 8.07. The number of nitrogens with one attached hydrogen (secondary N) is 3. The van der Waals surface area contributed by atoms with E-state index in [2.05, 4.69) is 20.9 Å². The molecule has 6 nitrogen and oxygen atoms in total. The van der Waals surface area contributed by atoms with Gasteiger partial charge in [-0.2, -0.15) is 0 Å². The van der Waals surface area contributed by atoms with Gasteiger partial charge in [-0.3, -0.25) is 9.78 Å². The average Bonchev–Trinajstić information content (AvgIpc) is 2.99. The molecule has 0 bridgehead atoms. The van der Waals surface area contributed by atoms with Crippen molar-refractivity contribution in [2.45, 2.75) is 25.6 Å². The first-order valence-corrected chi connectivity index (χ1v) is 8.07. The number of anilines is 1. The maximum Gasteiger partial charge on any atom is 0.251 e. The summed E-state index contributed by atoms with van der Waals surface area (Å²) in [4.78, 5) is 16.6. The molecule has 1 saturated heterocycles. The normalized spacial score (nSPS) is 19.9. The third-order valence-electron chi connectivity index (χ3n) is 4.28. The van der Waals surface area contributed by atoms with E-state index in [-0.39, 0.29) is 11.9 Å². The Kier molecular flexibility index (Phi) is 5.08. The van der Waals surface area contributed by atoms with Crippen LogP contribution in [0.2, 0.25) is 0 Å². The van der Waals surface area contributed by atoms with Gasteiger partial charge in [-0.25, -0.2) is 0 Å². The highest BCUT2D eigenvalue weighted by Gasteiger charge is 2.27. The molecule has 1 aliphatic heterocycles. The highest BCUT2D eigenvalue weighted by molar-refractivity contribution is 5.97. The van der Waals surface area contributed by atoms with Crippen LogP contribution in [0, 0.1) is 6.92 Å². The lowest BCUT2D eigenvalue weighted by molar-refractivity contribution is 0.0888. The van der Waals surface area contributed by atoms with E-state index in [9.17, 15) is 9.90 Å². The number of aliphatic hydroxyl groups excluding tert-OH is 1. The van der Waals surface area contributed by atoms with Crippen molar-refractivity contribution in [3.05, 3.63) is 59.4 Å². The topological polar surface area (TPSA) is 86.3 Å². The lowest BCUT2D eigenvalue weighted by Crippen LogP contribution is -2.42. The second-order valence-corrected chi connectivity index (χ2v) is 6.00. The Hall–Kier alpha value is -2.44. The van der Waals surface area contributed by atoms with Gasteiger partial charge in [0.2, 0.25) is 0 Å². The van der Waals surface area contributed by atoms with Gasteiger partial charge in [-0.05, 0) is 36.2 Å². The summed E-state index contributed by atoms with van der Waals surface area (Å²) in [7, 11) is 0. The van der Waals surface area contributed by atoms with Gasteiger partial charge in [0.05, 0.1) is 12.1 Å². The number of β-amino-alcohol motifs (C(OH)–C–C–N with tert-alkyl or cyclic N) is 1. The van der Waals surface area contributed by atoms with Crippen molar-refractivity contribution in [2.24, 2.45) is 0 Å². The Morgan fingerprint density at radius 1 is 1.33 bits per heavy atom. The van der Waals surface area contributed by atoms with E-state index in [4.69, 9.17) is 0 Å². The lowest BCUT2D eigenvalue weighted by Gasteiger charge is -2.18. The number of hydrogen-bond acceptors (Lipinski definition) is 5. The zero-order chi connectivity index (χ0) is 16.9. The molecule has 6 heteroatoms. The molecule has 4 N–H and O–H groups in total. The molecule has 24 heavy (non-hydrogen) atoms. The zero-order valence-corrected chi connectivity index (χ0v) is 13.6. The summed E-state index contributed by atoms with van der Waals surface area (Å²) >= 11 is 0. The molecule has 0 aliphatic carbocycles. The second-order valence-electron chi connectivity index (χ2n) is 6.00. The number of pyridine rings is 1. The first-order chi connectivity index (χ1) is 11.6. The number of aliphatic hydroxyl groups is 1. The van der Waals surface area contributed by atoms with Gasteiger partial charge >= 0.3 is 0 Å². The number of aromatic nitrogens is 1. The standard InChI is InChI=1S/C18H22N4O2/c1-12-14(18(24)22-16-10-20-11-17(16)23)5-2-6-15(12)21-9-13-4-3-7-19-8-13/h2-8,16-17,20-21,23H,9-11H2,1H3,(H,22,24)/t16-,17-/m1/s1. The molecule has 0 saturated carbocycles. The molecule has 1 fully saturated rings. The van der Waals surface area contributed by atoms with E-state index in [1.165, 1.54) is 0 Å². The van der Waals surface area contributed by atoms with Gasteiger partial charge in [0.1, 0.15) is 0 Å². The largest absolute Gasteiger partial charge is 0.390 e. The molecule has 0 unspecified atom stereocenters. The van der Waals surface area contributed by atoms with E-state index in [1.54, 1.807) is 12.3 Å². The van der Waals surface area contributed by atoms with E-state index >= 15 is 0 Å². The van der Waals surface area contributed by atoms with Crippen LogP contribution in [0.5, 0.6) is 0 Å². The summed E-state index contributed by atoms with van der Waals surface area (Å²) < 4.78 is 0. The fourth-order valence-electron chi connectivity index (χ4n) is 2.83. The second kappa shape index (κ2) is 7.42. The SMILES string of the molecule is Cc1c(NCc2cccnc2)cccc1C(=O)N[C@@H]1CNC[C@H]1O. The van der Waals surface area contributed by atoms with Gasteiger partial charge in [0.25, 0.3) is 5.91 Å². The van der Waals surface area contributed by atoms with Gasteiger partial charge in [0, 0.05) is 43.3 Å². The number of carbonyl (C=O) groups excluding carboxylic acids is 1. The van der Waals surface area contributed by atoms with Crippen molar-refractivity contribution in [3.8, 4) is 0 Å². The van der Waals surface area contributed by atoms with Crippen molar-refractivity contribution in [3.63, 3.8) is 0 Å². The van der Waals surface area contributed by atoms with Crippen LogP contribution in [0.3, 0.4) is 0 Å². The molecule has 2 aromatic rings. The van der Waals surface area contributed by atoms with Gasteiger partial charge in [-0.1, -0.05) is 12.1 Å². The van der Waals surface area contributed by atoms with Crippen LogP contribution in [0.25, 0.3) is 0 Å². The molecule has 0 spiro atoms. The number of carbonyl (C=O) groups is 1. The van der Waals surface area contributed by atoms with Crippen LogP contribution in [0.4, 0.5) is 5.69 Å². The van der Waals surface area contributed by atoms with Crippen LogP contribution >= 0.6 is 0 Å². The number of rotatable bonds is 5. The molecule has 3 rings (SSSR count). The molecule has 2 heterocycles. The Balaban J connectivity index is 1.69. The third kappa shape index (κ3) is 3.72. The quantitative estimate of drug-likeness (QED) is 0.660. The molecule has 1 aromatic heterocycles. The Labute approximate surface area is 141 Å². The minimum atomic E-state index is -0.541. The minimum absolute atomic E-state index is 0.162. The predicted molar refractivity (Wildman–Crippen MR) is 92.9 cm³/mol. The summed E-state index contributed by atoms with van der Waals surface area (Å²) in [5.74, 6) is -0.162. The highest BCUT2D eigenvalue weighted by Crippen LogP contribution is 2.20. The van der Waals surface area contributed by atoms with Crippen LogP contribution in [0.1, 0.15) is 21.5 Å². The average molecular weight is 326 g/mol. The summed E-state index contributed by atoms with van der Waals surface area (Å²) in [5, 5.41) is 19.1. The van der Waals surface area contributed by atoms with E-state index < -0.39 is 6.10 Å². The first kappa shape index (κ1) is 16.4. The fraction of sp³-hybridized carbons (Fsp3) is 0.333. The smallest absolute Gasteiger partial charge is 0.251 e. The molecule has 0 radical (unpaired) electrons. The molecule has 2 atom stereocenters. The summed E-state index contributed by atoms with van der Waals surface area (Å²) in [6.07, 6.45) is 3.01. The van der Waals surface area contributed by atoms with E-state index in [0.29, 0.717) is 25.2 Å². The molecular weight excluding hydrogens is 304 g/mol. The maximum absolute atomic E-state index is 12.5. The van der Waals surface area contributed by atoms with Gasteiger partial charge < -0.3 is 21.1 Å². The van der Waals surface area contributed by atoms with Crippen LogP contribution in [-0.2, 0) is 6.54 Å². The lowest BCUT2D eigenvalue weighted by atomic mass is 10.0. The molecule has 1 aromatic carbocycles. The predicted octanol–water partition coefficient (Wildman–Crippen LogP) is 1.06. The summed E-state index contributed by atoms with van der Waals surface area (Å²) in [6, 6.07) is 9.26.